The van der Waals surface area contributed by atoms with Gasteiger partial charge in [0.05, 0.1) is 14.8 Å². The number of amides is 1. The minimum absolute atomic E-state index is 0.0900. The summed E-state index contributed by atoms with van der Waals surface area (Å²) in [5, 5.41) is 2.55. The van der Waals surface area contributed by atoms with E-state index < -0.39 is 21.3 Å². The molecule has 21 heavy (non-hydrogen) atoms. The third-order valence-electron chi connectivity index (χ3n) is 3.74. The zero-order valence-corrected chi connectivity index (χ0v) is 14.1. The summed E-state index contributed by atoms with van der Waals surface area (Å²) in [5.41, 5.74) is -0.754. The number of rotatable bonds is 3. The fraction of sp³-hybridized carbons (Fsp3) is 0.462. The van der Waals surface area contributed by atoms with Gasteiger partial charge in [-0.3, -0.25) is 4.79 Å². The van der Waals surface area contributed by atoms with E-state index in [4.69, 9.17) is 0 Å². The molecule has 1 aromatic carbocycles. The van der Waals surface area contributed by atoms with Gasteiger partial charge in [0, 0.05) is 20.1 Å². The number of nitrogens with one attached hydrogen (secondary N) is 1. The maximum absolute atomic E-state index is 13.5. The van der Waals surface area contributed by atoms with Gasteiger partial charge in [-0.1, -0.05) is 0 Å². The predicted molar refractivity (Wildman–Crippen MR) is 79.6 cm³/mol. The van der Waals surface area contributed by atoms with Crippen LogP contribution in [0.25, 0.3) is 0 Å². The Morgan fingerprint density at radius 2 is 2.14 bits per heavy atom. The molecule has 1 atom stereocenters. The van der Waals surface area contributed by atoms with Crippen LogP contribution in [0.15, 0.2) is 27.6 Å². The molecule has 1 saturated heterocycles. The molecule has 0 radical (unpaired) electrons. The van der Waals surface area contributed by atoms with Gasteiger partial charge >= 0.3 is 0 Å². The molecule has 0 bridgehead atoms. The molecule has 1 unspecified atom stereocenters. The van der Waals surface area contributed by atoms with Gasteiger partial charge in [-0.15, -0.1) is 0 Å². The Labute approximate surface area is 131 Å². The SMILES string of the molecule is CNC(=O)C1(C)CCN(S(=O)(=O)c2ccc(Br)c(F)c2)C1. The molecular weight excluding hydrogens is 363 g/mol. The van der Waals surface area contributed by atoms with E-state index in [1.807, 2.05) is 0 Å². The fourth-order valence-corrected chi connectivity index (χ4v) is 4.22. The third kappa shape index (κ3) is 2.97. The van der Waals surface area contributed by atoms with Crippen molar-refractivity contribution in [2.24, 2.45) is 5.41 Å². The lowest BCUT2D eigenvalue weighted by atomic mass is 9.89. The van der Waals surface area contributed by atoms with E-state index in [1.165, 1.54) is 23.5 Å². The Morgan fingerprint density at radius 1 is 1.48 bits per heavy atom. The van der Waals surface area contributed by atoms with Crippen molar-refractivity contribution in [3.05, 3.63) is 28.5 Å². The van der Waals surface area contributed by atoms with Gasteiger partial charge in [-0.25, -0.2) is 12.8 Å². The van der Waals surface area contributed by atoms with Crippen molar-refractivity contribution in [3.8, 4) is 0 Å². The van der Waals surface area contributed by atoms with Gasteiger partial charge in [0.15, 0.2) is 0 Å². The van der Waals surface area contributed by atoms with Gasteiger partial charge in [0.2, 0.25) is 15.9 Å². The predicted octanol–water partition coefficient (Wildman–Crippen LogP) is 1.73. The number of carbonyl (C=O) groups is 1. The molecule has 1 heterocycles. The molecule has 0 aliphatic carbocycles. The maximum Gasteiger partial charge on any atom is 0.243 e. The molecule has 0 aromatic heterocycles. The largest absolute Gasteiger partial charge is 0.359 e. The topological polar surface area (TPSA) is 66.5 Å². The smallest absolute Gasteiger partial charge is 0.243 e. The number of hydrogen-bond donors (Lipinski definition) is 1. The molecule has 2 rings (SSSR count). The van der Waals surface area contributed by atoms with Crippen LogP contribution in [0, 0.1) is 11.2 Å². The minimum Gasteiger partial charge on any atom is -0.359 e. The van der Waals surface area contributed by atoms with Crippen LogP contribution in [0.4, 0.5) is 4.39 Å². The van der Waals surface area contributed by atoms with E-state index in [1.54, 1.807) is 6.92 Å². The van der Waals surface area contributed by atoms with Crippen LogP contribution in [-0.4, -0.2) is 38.8 Å². The van der Waals surface area contributed by atoms with Crippen LogP contribution in [0.2, 0.25) is 0 Å². The summed E-state index contributed by atoms with van der Waals surface area (Å²) in [6.45, 7) is 2.06. The Morgan fingerprint density at radius 3 is 2.71 bits per heavy atom. The Hall–Kier alpha value is -0.990. The lowest BCUT2D eigenvalue weighted by Crippen LogP contribution is -2.40. The van der Waals surface area contributed by atoms with Gasteiger partial charge < -0.3 is 5.32 Å². The van der Waals surface area contributed by atoms with E-state index >= 15 is 0 Å². The summed E-state index contributed by atoms with van der Waals surface area (Å²) in [6.07, 6.45) is 0.435. The van der Waals surface area contributed by atoms with Crippen molar-refractivity contribution in [2.75, 3.05) is 20.1 Å². The van der Waals surface area contributed by atoms with Gasteiger partial charge in [-0.05, 0) is 47.5 Å². The minimum atomic E-state index is -3.80. The number of benzene rings is 1. The van der Waals surface area contributed by atoms with E-state index in [2.05, 4.69) is 21.2 Å². The lowest BCUT2D eigenvalue weighted by Gasteiger charge is -2.22. The maximum atomic E-state index is 13.5. The molecule has 0 saturated carbocycles. The Bertz CT molecular complexity index is 680. The second kappa shape index (κ2) is 5.66. The first kappa shape index (κ1) is 16.4. The second-order valence-corrected chi connectivity index (χ2v) is 8.10. The van der Waals surface area contributed by atoms with E-state index in [0.29, 0.717) is 6.42 Å². The average molecular weight is 379 g/mol. The number of hydrogen-bond acceptors (Lipinski definition) is 3. The molecule has 1 aliphatic heterocycles. The number of carbonyl (C=O) groups excluding carboxylic acids is 1. The highest BCUT2D eigenvalue weighted by Gasteiger charge is 2.44. The highest BCUT2D eigenvalue weighted by Crippen LogP contribution is 2.34. The lowest BCUT2D eigenvalue weighted by molar-refractivity contribution is -0.128. The first-order chi connectivity index (χ1) is 9.70. The summed E-state index contributed by atoms with van der Waals surface area (Å²) in [6, 6.07) is 3.68. The normalized spacial score (nSPS) is 23.2. The highest BCUT2D eigenvalue weighted by molar-refractivity contribution is 9.10. The van der Waals surface area contributed by atoms with Crippen LogP contribution < -0.4 is 5.32 Å². The molecular formula is C13H16BrFN2O3S. The summed E-state index contributed by atoms with van der Waals surface area (Å²) in [4.78, 5) is 11.7. The summed E-state index contributed by atoms with van der Waals surface area (Å²) >= 11 is 2.99. The van der Waals surface area contributed by atoms with E-state index in [-0.39, 0.29) is 28.4 Å². The van der Waals surface area contributed by atoms with Gasteiger partial charge in [-0.2, -0.15) is 4.31 Å². The molecule has 1 amide bonds. The summed E-state index contributed by atoms with van der Waals surface area (Å²) < 4.78 is 40.0. The molecule has 8 heteroatoms. The van der Waals surface area contributed by atoms with Crippen molar-refractivity contribution in [1.82, 2.24) is 9.62 Å². The molecule has 1 fully saturated rings. The first-order valence-corrected chi connectivity index (χ1v) is 8.61. The van der Waals surface area contributed by atoms with Gasteiger partial charge in [0.1, 0.15) is 5.82 Å². The zero-order chi connectivity index (χ0) is 15.8. The molecule has 1 aromatic rings. The second-order valence-electron chi connectivity index (χ2n) is 5.30. The molecule has 1 N–H and O–H groups in total. The summed E-state index contributed by atoms with van der Waals surface area (Å²) in [5.74, 6) is -0.827. The standard InChI is InChI=1S/C13H16BrFN2O3S/c1-13(12(18)16-2)5-6-17(8-13)21(19,20)9-3-4-10(14)11(15)7-9/h3-4,7H,5-6,8H2,1-2H3,(H,16,18). The summed E-state index contributed by atoms with van der Waals surface area (Å²) in [7, 11) is -2.28. The molecule has 0 spiro atoms. The van der Waals surface area contributed by atoms with Gasteiger partial charge in [0.25, 0.3) is 0 Å². The van der Waals surface area contributed by atoms with Crippen molar-refractivity contribution < 1.29 is 17.6 Å². The Kier molecular flexibility index (Phi) is 4.41. The fourth-order valence-electron chi connectivity index (χ4n) is 2.40. The van der Waals surface area contributed by atoms with Crippen molar-refractivity contribution >= 4 is 31.9 Å². The van der Waals surface area contributed by atoms with Crippen LogP contribution >= 0.6 is 15.9 Å². The zero-order valence-electron chi connectivity index (χ0n) is 11.7. The monoisotopic (exact) mass is 378 g/mol. The third-order valence-corrected chi connectivity index (χ3v) is 6.23. The van der Waals surface area contributed by atoms with Crippen LogP contribution in [-0.2, 0) is 14.8 Å². The van der Waals surface area contributed by atoms with Crippen LogP contribution in [0.1, 0.15) is 13.3 Å². The van der Waals surface area contributed by atoms with Crippen LogP contribution in [0.5, 0.6) is 0 Å². The van der Waals surface area contributed by atoms with E-state index in [9.17, 15) is 17.6 Å². The molecule has 116 valence electrons. The quantitative estimate of drug-likeness (QED) is 0.870. The number of sulfonamides is 1. The number of nitrogens with zero attached hydrogens (tertiary/aromatic N) is 1. The van der Waals surface area contributed by atoms with E-state index in [0.717, 1.165) is 6.07 Å². The molecule has 1 aliphatic rings. The number of halogens is 2. The van der Waals surface area contributed by atoms with Crippen molar-refractivity contribution in [1.29, 1.82) is 0 Å². The van der Waals surface area contributed by atoms with Crippen molar-refractivity contribution in [3.63, 3.8) is 0 Å². The highest BCUT2D eigenvalue weighted by atomic mass is 79.9. The average Bonchev–Trinajstić information content (AvgIpc) is 2.85. The Balaban J connectivity index is 2.30. The molecule has 5 nitrogen and oxygen atoms in total. The van der Waals surface area contributed by atoms with Crippen LogP contribution in [0.3, 0.4) is 0 Å². The van der Waals surface area contributed by atoms with Crippen molar-refractivity contribution in [2.45, 2.75) is 18.2 Å². The first-order valence-electron chi connectivity index (χ1n) is 6.38.